The lowest BCUT2D eigenvalue weighted by Gasteiger charge is -2.47. The van der Waals surface area contributed by atoms with E-state index in [-0.39, 0.29) is 10.3 Å². The molecule has 2 bridgehead atoms. The van der Waals surface area contributed by atoms with Crippen LogP contribution in [0.2, 0.25) is 0 Å². The van der Waals surface area contributed by atoms with Crippen LogP contribution < -0.4 is 0 Å². The highest BCUT2D eigenvalue weighted by atomic mass is 35.5. The average Bonchev–Trinajstić information content (AvgIpc) is 2.52. The molecule has 2 saturated carbocycles. The maximum Gasteiger partial charge on any atom is 0.310 e. The Kier molecular flexibility index (Phi) is 1.81. The lowest BCUT2D eigenvalue weighted by molar-refractivity contribution is -0.156. The molecule has 14 heavy (non-hydrogen) atoms. The first-order chi connectivity index (χ1) is 6.26. The van der Waals surface area contributed by atoms with Crippen LogP contribution in [0.25, 0.3) is 0 Å². The van der Waals surface area contributed by atoms with Gasteiger partial charge in [0.2, 0.25) is 0 Å². The van der Waals surface area contributed by atoms with Crippen LogP contribution in [-0.4, -0.2) is 16.0 Å². The SMILES string of the molecule is CC1(Cl)C2CCC(C(=O)O)(C2)C1(C)C. The molecule has 0 amide bonds. The van der Waals surface area contributed by atoms with Crippen molar-refractivity contribution in [3.8, 4) is 0 Å². The molecule has 2 nitrogen and oxygen atoms in total. The third-order valence-corrected chi connectivity index (χ3v) is 5.89. The summed E-state index contributed by atoms with van der Waals surface area (Å²) >= 11 is 6.53. The van der Waals surface area contributed by atoms with Crippen LogP contribution in [0.3, 0.4) is 0 Å². The van der Waals surface area contributed by atoms with Crippen LogP contribution in [0.1, 0.15) is 40.0 Å². The Bertz CT molecular complexity index is 296. The molecule has 0 aromatic heterocycles. The summed E-state index contributed by atoms with van der Waals surface area (Å²) in [6.45, 7) is 6.02. The van der Waals surface area contributed by atoms with Crippen molar-refractivity contribution in [1.82, 2.24) is 0 Å². The first kappa shape index (κ1) is 10.3. The number of halogens is 1. The van der Waals surface area contributed by atoms with E-state index >= 15 is 0 Å². The Balaban J connectivity index is 2.52. The van der Waals surface area contributed by atoms with E-state index in [0.29, 0.717) is 5.92 Å². The fourth-order valence-corrected chi connectivity index (χ4v) is 3.88. The molecule has 0 aromatic carbocycles. The monoisotopic (exact) mass is 216 g/mol. The molecule has 0 aromatic rings. The predicted octanol–water partition coefficient (Wildman–Crippen LogP) is 2.89. The Morgan fingerprint density at radius 3 is 2.29 bits per heavy atom. The highest BCUT2D eigenvalue weighted by Gasteiger charge is 2.71. The first-order valence-electron chi connectivity index (χ1n) is 5.18. The quantitative estimate of drug-likeness (QED) is 0.685. The van der Waals surface area contributed by atoms with E-state index in [9.17, 15) is 9.90 Å². The second kappa shape index (κ2) is 2.46. The lowest BCUT2D eigenvalue weighted by atomic mass is 9.60. The molecule has 80 valence electrons. The Hall–Kier alpha value is -0.240. The topological polar surface area (TPSA) is 37.3 Å². The largest absolute Gasteiger partial charge is 0.481 e. The van der Waals surface area contributed by atoms with Crippen molar-refractivity contribution < 1.29 is 9.90 Å². The molecule has 0 spiro atoms. The Labute approximate surface area is 89.6 Å². The standard InChI is InChI=1S/C11H17ClO2/c1-9(2)10(3,12)7-4-5-11(9,6-7)8(13)14/h7H,4-6H2,1-3H3,(H,13,14). The van der Waals surface area contributed by atoms with E-state index in [1.807, 2.05) is 20.8 Å². The summed E-state index contributed by atoms with van der Waals surface area (Å²) in [5.41, 5.74) is -0.884. The summed E-state index contributed by atoms with van der Waals surface area (Å²) in [7, 11) is 0. The van der Waals surface area contributed by atoms with Crippen LogP contribution in [0.15, 0.2) is 0 Å². The first-order valence-corrected chi connectivity index (χ1v) is 5.56. The highest BCUT2D eigenvalue weighted by Crippen LogP contribution is 2.70. The summed E-state index contributed by atoms with van der Waals surface area (Å²) in [6.07, 6.45) is 2.52. The maximum absolute atomic E-state index is 11.4. The normalized spacial score (nSPS) is 49.6. The summed E-state index contributed by atoms with van der Waals surface area (Å²) in [4.78, 5) is 11.1. The van der Waals surface area contributed by atoms with Gasteiger partial charge in [-0.3, -0.25) is 4.79 Å². The molecule has 0 heterocycles. The molecule has 0 saturated heterocycles. The van der Waals surface area contributed by atoms with Gasteiger partial charge in [-0.25, -0.2) is 0 Å². The molecular weight excluding hydrogens is 200 g/mol. The average molecular weight is 217 g/mol. The van der Waals surface area contributed by atoms with Crippen LogP contribution in [0, 0.1) is 16.7 Å². The van der Waals surface area contributed by atoms with Crippen molar-refractivity contribution in [3.63, 3.8) is 0 Å². The van der Waals surface area contributed by atoms with Gasteiger partial charge in [0.15, 0.2) is 0 Å². The summed E-state index contributed by atoms with van der Waals surface area (Å²) in [6, 6.07) is 0. The molecule has 2 rings (SSSR count). The van der Waals surface area contributed by atoms with Crippen molar-refractivity contribution in [2.24, 2.45) is 16.7 Å². The molecule has 3 heteroatoms. The maximum atomic E-state index is 11.4. The minimum atomic E-state index is -0.658. The zero-order chi connectivity index (χ0) is 10.8. The van der Waals surface area contributed by atoms with Gasteiger partial charge in [0.1, 0.15) is 0 Å². The van der Waals surface area contributed by atoms with E-state index in [1.54, 1.807) is 0 Å². The lowest BCUT2D eigenvalue weighted by Crippen LogP contribution is -2.50. The number of aliphatic carboxylic acids is 1. The van der Waals surface area contributed by atoms with Crippen LogP contribution in [0.4, 0.5) is 0 Å². The number of alkyl halides is 1. The predicted molar refractivity (Wildman–Crippen MR) is 55.4 cm³/mol. The minimum Gasteiger partial charge on any atom is -0.481 e. The molecule has 1 N–H and O–H groups in total. The van der Waals surface area contributed by atoms with Gasteiger partial charge in [0.25, 0.3) is 0 Å². The fraction of sp³-hybridized carbons (Fsp3) is 0.909. The van der Waals surface area contributed by atoms with E-state index < -0.39 is 11.4 Å². The van der Waals surface area contributed by atoms with Crippen molar-refractivity contribution in [2.45, 2.75) is 44.9 Å². The van der Waals surface area contributed by atoms with Gasteiger partial charge in [-0.15, -0.1) is 11.6 Å². The van der Waals surface area contributed by atoms with E-state index in [0.717, 1.165) is 19.3 Å². The van der Waals surface area contributed by atoms with Crippen molar-refractivity contribution in [2.75, 3.05) is 0 Å². The molecular formula is C11H17ClO2. The van der Waals surface area contributed by atoms with E-state index in [1.165, 1.54) is 0 Å². The summed E-state index contributed by atoms with van der Waals surface area (Å²) < 4.78 is 0. The van der Waals surface area contributed by atoms with Crippen LogP contribution in [-0.2, 0) is 4.79 Å². The molecule has 3 unspecified atom stereocenters. The number of fused-ring (bicyclic) bond motifs is 2. The van der Waals surface area contributed by atoms with Crippen molar-refractivity contribution >= 4 is 17.6 Å². The second-order valence-electron chi connectivity index (χ2n) is 5.53. The molecule has 0 aliphatic heterocycles. The zero-order valence-corrected chi connectivity index (χ0v) is 9.69. The van der Waals surface area contributed by atoms with Crippen LogP contribution in [0.5, 0.6) is 0 Å². The third-order valence-electron chi connectivity index (χ3n) is 5.11. The zero-order valence-electron chi connectivity index (χ0n) is 8.93. The number of rotatable bonds is 1. The van der Waals surface area contributed by atoms with Gasteiger partial charge in [-0.05, 0) is 32.1 Å². The van der Waals surface area contributed by atoms with Gasteiger partial charge in [-0.1, -0.05) is 13.8 Å². The van der Waals surface area contributed by atoms with Gasteiger partial charge in [-0.2, -0.15) is 0 Å². The Morgan fingerprint density at radius 1 is 1.43 bits per heavy atom. The Morgan fingerprint density at radius 2 is 2.00 bits per heavy atom. The number of carboxylic acids is 1. The fourth-order valence-electron chi connectivity index (χ4n) is 3.52. The van der Waals surface area contributed by atoms with Crippen LogP contribution >= 0.6 is 11.6 Å². The number of carboxylic acid groups (broad SMARTS) is 1. The number of hydrogen-bond donors (Lipinski definition) is 1. The van der Waals surface area contributed by atoms with Gasteiger partial charge in [0.05, 0.1) is 10.3 Å². The van der Waals surface area contributed by atoms with Crippen molar-refractivity contribution in [1.29, 1.82) is 0 Å². The molecule has 2 aliphatic rings. The summed E-state index contributed by atoms with van der Waals surface area (Å²) in [5.74, 6) is -0.287. The summed E-state index contributed by atoms with van der Waals surface area (Å²) in [5, 5.41) is 9.40. The second-order valence-corrected chi connectivity index (χ2v) is 6.31. The molecule has 2 aliphatic carbocycles. The molecule has 0 radical (unpaired) electrons. The highest BCUT2D eigenvalue weighted by molar-refractivity contribution is 6.25. The molecule has 2 fully saturated rings. The third kappa shape index (κ3) is 0.820. The van der Waals surface area contributed by atoms with Gasteiger partial charge < -0.3 is 5.11 Å². The van der Waals surface area contributed by atoms with E-state index in [2.05, 4.69) is 0 Å². The molecule has 3 atom stereocenters. The van der Waals surface area contributed by atoms with Crippen molar-refractivity contribution in [3.05, 3.63) is 0 Å². The van der Waals surface area contributed by atoms with Gasteiger partial charge in [0, 0.05) is 5.41 Å². The minimum absolute atomic E-state index is 0.309. The number of carbonyl (C=O) groups is 1. The van der Waals surface area contributed by atoms with Gasteiger partial charge >= 0.3 is 5.97 Å². The number of hydrogen-bond acceptors (Lipinski definition) is 1. The van der Waals surface area contributed by atoms with E-state index in [4.69, 9.17) is 11.6 Å². The smallest absolute Gasteiger partial charge is 0.310 e.